The van der Waals surface area contributed by atoms with E-state index in [9.17, 15) is 24.5 Å². The Morgan fingerprint density at radius 3 is 2.53 bits per heavy atom. The van der Waals surface area contributed by atoms with Crippen LogP contribution in [0.1, 0.15) is 21.5 Å². The van der Waals surface area contributed by atoms with Crippen LogP contribution in [-0.2, 0) is 9.59 Å². The summed E-state index contributed by atoms with van der Waals surface area (Å²) >= 11 is 0. The smallest absolute Gasteiger partial charge is 0.276 e. The third kappa shape index (κ3) is 6.03. The average Bonchev–Trinajstić information content (AvgIpc) is 2.74. The molecule has 2 rings (SSSR count). The van der Waals surface area contributed by atoms with Gasteiger partial charge in [0.25, 0.3) is 23.4 Å². The van der Waals surface area contributed by atoms with Crippen molar-refractivity contribution in [1.82, 2.24) is 16.2 Å². The van der Waals surface area contributed by atoms with E-state index in [0.29, 0.717) is 5.56 Å². The van der Waals surface area contributed by atoms with Crippen LogP contribution >= 0.6 is 0 Å². The summed E-state index contributed by atoms with van der Waals surface area (Å²) in [6, 6.07) is 12.2. The van der Waals surface area contributed by atoms with Crippen LogP contribution in [0.25, 0.3) is 0 Å². The average molecular weight is 411 g/mol. The first-order chi connectivity index (χ1) is 14.3. The van der Waals surface area contributed by atoms with Crippen LogP contribution < -0.4 is 20.9 Å². The number of aryl methyl sites for hydroxylation is 1. The Morgan fingerprint density at radius 2 is 1.83 bits per heavy atom. The number of carbonyl (C=O) groups excluding carboxylic acids is 3. The lowest BCUT2D eigenvalue weighted by atomic mass is 10.1. The fourth-order valence-corrected chi connectivity index (χ4v) is 2.26. The summed E-state index contributed by atoms with van der Waals surface area (Å²) in [5.74, 6) is -1.87. The number of nitriles is 1. The summed E-state index contributed by atoms with van der Waals surface area (Å²) in [6.45, 7) is 0.621. The summed E-state index contributed by atoms with van der Waals surface area (Å²) in [4.78, 5) is 45.9. The standard InChI is InChI=1S/C19H17N5O6/c1-12-6-7-13(8-15(12)24(28)29)19(27)21-10-17(25)22-23-18(26)11-30-16-5-3-2-4-14(16)9-20/h2-8H,10-11H2,1H3,(H,21,27)(H,22,25)(H,23,26). The molecule has 11 heteroatoms. The number of hydrazine groups is 1. The zero-order chi connectivity index (χ0) is 22.1. The first kappa shape index (κ1) is 21.8. The quantitative estimate of drug-likeness (QED) is 0.446. The number of nitro groups is 1. The van der Waals surface area contributed by atoms with E-state index in [2.05, 4.69) is 16.2 Å². The van der Waals surface area contributed by atoms with Gasteiger partial charge in [-0.05, 0) is 25.1 Å². The summed E-state index contributed by atoms with van der Waals surface area (Å²) in [5, 5.41) is 22.2. The second-order valence-electron chi connectivity index (χ2n) is 5.93. The number of amides is 3. The van der Waals surface area contributed by atoms with E-state index in [4.69, 9.17) is 10.00 Å². The van der Waals surface area contributed by atoms with Gasteiger partial charge < -0.3 is 10.1 Å². The highest BCUT2D eigenvalue weighted by Crippen LogP contribution is 2.19. The van der Waals surface area contributed by atoms with Gasteiger partial charge in [-0.25, -0.2) is 0 Å². The van der Waals surface area contributed by atoms with Crippen LogP contribution in [0.15, 0.2) is 42.5 Å². The van der Waals surface area contributed by atoms with Crippen molar-refractivity contribution in [3.63, 3.8) is 0 Å². The Labute approximate surface area is 170 Å². The van der Waals surface area contributed by atoms with E-state index in [0.717, 1.165) is 6.07 Å². The fourth-order valence-electron chi connectivity index (χ4n) is 2.26. The molecule has 0 bridgehead atoms. The van der Waals surface area contributed by atoms with E-state index in [1.54, 1.807) is 19.1 Å². The number of nitrogens with one attached hydrogen (secondary N) is 3. The lowest BCUT2D eigenvalue weighted by molar-refractivity contribution is -0.385. The monoisotopic (exact) mass is 411 g/mol. The Kier molecular flexibility index (Phi) is 7.41. The van der Waals surface area contributed by atoms with E-state index < -0.39 is 35.8 Å². The molecule has 0 aliphatic rings. The number of para-hydroxylation sites is 1. The van der Waals surface area contributed by atoms with Gasteiger partial charge in [-0.3, -0.25) is 35.3 Å². The molecule has 0 radical (unpaired) electrons. The number of hydrogen-bond acceptors (Lipinski definition) is 7. The minimum atomic E-state index is -0.726. The molecule has 0 spiro atoms. The van der Waals surface area contributed by atoms with Gasteiger partial charge in [-0.15, -0.1) is 0 Å². The van der Waals surface area contributed by atoms with Gasteiger partial charge in [-0.2, -0.15) is 5.26 Å². The Morgan fingerprint density at radius 1 is 1.13 bits per heavy atom. The summed E-state index contributed by atoms with van der Waals surface area (Å²) < 4.78 is 5.21. The van der Waals surface area contributed by atoms with E-state index in [1.165, 1.54) is 24.3 Å². The molecule has 0 saturated carbocycles. The number of hydrogen-bond donors (Lipinski definition) is 3. The van der Waals surface area contributed by atoms with Gasteiger partial charge in [0, 0.05) is 17.2 Å². The highest BCUT2D eigenvalue weighted by Gasteiger charge is 2.15. The summed E-state index contributed by atoms with van der Waals surface area (Å²) in [5.41, 5.74) is 4.65. The van der Waals surface area contributed by atoms with Crippen LogP contribution in [0.5, 0.6) is 5.75 Å². The number of benzene rings is 2. The van der Waals surface area contributed by atoms with Crippen LogP contribution in [0.2, 0.25) is 0 Å². The van der Waals surface area contributed by atoms with Gasteiger partial charge in [0.15, 0.2) is 6.61 Å². The molecular formula is C19H17N5O6. The Bertz CT molecular complexity index is 1030. The second-order valence-corrected chi connectivity index (χ2v) is 5.93. The normalized spacial score (nSPS) is 9.73. The number of carbonyl (C=O) groups is 3. The maximum absolute atomic E-state index is 12.0. The van der Waals surface area contributed by atoms with Crippen molar-refractivity contribution in [3.05, 3.63) is 69.3 Å². The number of ether oxygens (including phenoxy) is 1. The number of rotatable bonds is 7. The topological polar surface area (TPSA) is 163 Å². The maximum Gasteiger partial charge on any atom is 0.276 e. The lowest BCUT2D eigenvalue weighted by Gasteiger charge is -2.10. The van der Waals surface area contributed by atoms with Gasteiger partial charge >= 0.3 is 0 Å². The largest absolute Gasteiger partial charge is 0.482 e. The summed E-state index contributed by atoms with van der Waals surface area (Å²) in [7, 11) is 0. The molecule has 0 aliphatic carbocycles. The molecule has 2 aromatic rings. The van der Waals surface area contributed by atoms with Crippen LogP contribution in [0, 0.1) is 28.4 Å². The van der Waals surface area contributed by atoms with Crippen LogP contribution in [0.4, 0.5) is 5.69 Å². The molecule has 0 heterocycles. The third-order valence-electron chi connectivity index (χ3n) is 3.79. The van der Waals surface area contributed by atoms with Crippen molar-refractivity contribution in [2.45, 2.75) is 6.92 Å². The molecule has 2 aromatic carbocycles. The van der Waals surface area contributed by atoms with Crippen molar-refractivity contribution in [2.75, 3.05) is 13.2 Å². The van der Waals surface area contributed by atoms with Crippen molar-refractivity contribution >= 4 is 23.4 Å². The number of nitrogens with zero attached hydrogens (tertiary/aromatic N) is 2. The molecule has 0 aromatic heterocycles. The Hall–Kier alpha value is -4.46. The van der Waals surface area contributed by atoms with E-state index >= 15 is 0 Å². The zero-order valence-corrected chi connectivity index (χ0v) is 15.8. The van der Waals surface area contributed by atoms with Crippen LogP contribution in [0.3, 0.4) is 0 Å². The highest BCUT2D eigenvalue weighted by molar-refractivity contribution is 5.97. The molecule has 3 amide bonds. The minimum Gasteiger partial charge on any atom is -0.482 e. The van der Waals surface area contributed by atoms with Crippen molar-refractivity contribution in [2.24, 2.45) is 0 Å². The van der Waals surface area contributed by atoms with Crippen LogP contribution in [-0.4, -0.2) is 35.8 Å². The van der Waals surface area contributed by atoms with E-state index in [-0.39, 0.29) is 22.6 Å². The highest BCUT2D eigenvalue weighted by atomic mass is 16.6. The van der Waals surface area contributed by atoms with Gasteiger partial charge in [0.2, 0.25) is 0 Å². The Balaban J connectivity index is 1.77. The molecule has 0 unspecified atom stereocenters. The molecule has 30 heavy (non-hydrogen) atoms. The number of nitro benzene ring substituents is 1. The molecule has 0 saturated heterocycles. The first-order valence-electron chi connectivity index (χ1n) is 8.54. The molecule has 11 nitrogen and oxygen atoms in total. The molecule has 3 N–H and O–H groups in total. The minimum absolute atomic E-state index is 0.0219. The molecule has 0 fully saturated rings. The van der Waals surface area contributed by atoms with Crippen molar-refractivity contribution < 1.29 is 24.0 Å². The predicted octanol–water partition coefficient (Wildman–Crippen LogP) is 0.731. The SMILES string of the molecule is Cc1ccc(C(=O)NCC(=O)NNC(=O)COc2ccccc2C#N)cc1[N+](=O)[O-]. The first-order valence-corrected chi connectivity index (χ1v) is 8.54. The molecule has 0 atom stereocenters. The van der Waals surface area contributed by atoms with Crippen molar-refractivity contribution in [3.8, 4) is 11.8 Å². The fraction of sp³-hybridized carbons (Fsp3) is 0.158. The zero-order valence-electron chi connectivity index (χ0n) is 15.8. The second kappa shape index (κ2) is 10.2. The van der Waals surface area contributed by atoms with Crippen molar-refractivity contribution in [1.29, 1.82) is 5.26 Å². The molecule has 154 valence electrons. The molecule has 0 aliphatic heterocycles. The van der Waals surface area contributed by atoms with Gasteiger partial charge in [0.1, 0.15) is 11.8 Å². The maximum atomic E-state index is 12.0. The molecular weight excluding hydrogens is 394 g/mol. The summed E-state index contributed by atoms with van der Waals surface area (Å²) in [6.07, 6.45) is 0. The van der Waals surface area contributed by atoms with Gasteiger partial charge in [-0.1, -0.05) is 18.2 Å². The third-order valence-corrected chi connectivity index (χ3v) is 3.79. The van der Waals surface area contributed by atoms with Gasteiger partial charge in [0.05, 0.1) is 17.0 Å². The van der Waals surface area contributed by atoms with E-state index in [1.807, 2.05) is 6.07 Å². The predicted molar refractivity (Wildman–Crippen MR) is 103 cm³/mol. The lowest BCUT2D eigenvalue weighted by Crippen LogP contribution is -2.47.